The van der Waals surface area contributed by atoms with Crippen molar-refractivity contribution in [3.63, 3.8) is 0 Å². The largest absolute Gasteiger partial charge is 0.352 e. The van der Waals surface area contributed by atoms with Gasteiger partial charge >= 0.3 is 0 Å². The zero-order chi connectivity index (χ0) is 13.3. The number of rotatable bonds is 5. The lowest BCUT2D eigenvalue weighted by molar-refractivity contribution is -0.122. The Labute approximate surface area is 112 Å². The molecule has 0 aliphatic heterocycles. The Morgan fingerprint density at radius 2 is 2.28 bits per heavy atom. The molecular formula is C12H19ClN4O. The van der Waals surface area contributed by atoms with E-state index in [2.05, 4.69) is 10.4 Å². The fourth-order valence-electron chi connectivity index (χ4n) is 1.93. The van der Waals surface area contributed by atoms with Crippen LogP contribution >= 0.6 is 11.6 Å². The summed E-state index contributed by atoms with van der Waals surface area (Å²) in [4.78, 5) is 13.6. The lowest BCUT2D eigenvalue weighted by Crippen LogP contribution is -2.36. The molecule has 1 heterocycles. The molecule has 5 nitrogen and oxygen atoms in total. The minimum atomic E-state index is 0.0812. The van der Waals surface area contributed by atoms with Gasteiger partial charge in [-0.05, 0) is 26.8 Å². The van der Waals surface area contributed by atoms with Crippen molar-refractivity contribution in [1.82, 2.24) is 20.0 Å². The van der Waals surface area contributed by atoms with Crippen molar-refractivity contribution in [3.05, 3.63) is 16.4 Å². The molecule has 1 aliphatic rings. The number of amides is 1. The number of halogens is 1. The molecule has 0 aromatic carbocycles. The highest BCUT2D eigenvalue weighted by Crippen LogP contribution is 2.20. The third kappa shape index (κ3) is 3.23. The number of hydrogen-bond acceptors (Lipinski definition) is 3. The van der Waals surface area contributed by atoms with E-state index in [0.717, 1.165) is 24.1 Å². The van der Waals surface area contributed by atoms with E-state index in [1.165, 1.54) is 0 Å². The number of nitrogens with zero attached hydrogens (tertiary/aromatic N) is 3. The summed E-state index contributed by atoms with van der Waals surface area (Å²) in [6.45, 7) is 2.96. The molecule has 0 unspecified atom stereocenters. The molecule has 1 aromatic heterocycles. The molecule has 1 N–H and O–H groups in total. The molecule has 0 atom stereocenters. The molecule has 1 aromatic rings. The van der Waals surface area contributed by atoms with Gasteiger partial charge in [-0.15, -0.1) is 0 Å². The van der Waals surface area contributed by atoms with Crippen LogP contribution in [-0.2, 0) is 18.4 Å². The van der Waals surface area contributed by atoms with Crippen molar-refractivity contribution in [2.75, 3.05) is 13.6 Å². The number of carbonyl (C=O) groups is 1. The van der Waals surface area contributed by atoms with Crippen LogP contribution in [0.15, 0.2) is 0 Å². The molecule has 1 aliphatic carbocycles. The Bertz CT molecular complexity index is 453. The van der Waals surface area contributed by atoms with Gasteiger partial charge in [0.15, 0.2) is 0 Å². The summed E-state index contributed by atoms with van der Waals surface area (Å²) in [6.07, 6.45) is 2.23. The van der Waals surface area contributed by atoms with E-state index in [1.54, 1.807) is 4.68 Å². The Morgan fingerprint density at radius 3 is 2.78 bits per heavy atom. The monoisotopic (exact) mass is 270 g/mol. The van der Waals surface area contributed by atoms with Crippen molar-refractivity contribution >= 4 is 17.5 Å². The molecule has 100 valence electrons. The fourth-order valence-corrected chi connectivity index (χ4v) is 2.16. The highest BCUT2D eigenvalue weighted by molar-refractivity contribution is 6.30. The van der Waals surface area contributed by atoms with Gasteiger partial charge in [0.2, 0.25) is 5.91 Å². The Kier molecular flexibility index (Phi) is 3.92. The van der Waals surface area contributed by atoms with E-state index in [9.17, 15) is 4.79 Å². The van der Waals surface area contributed by atoms with Gasteiger partial charge in [-0.1, -0.05) is 11.6 Å². The topological polar surface area (TPSA) is 50.2 Å². The first kappa shape index (κ1) is 13.4. The summed E-state index contributed by atoms with van der Waals surface area (Å²) in [5.41, 5.74) is 1.90. The van der Waals surface area contributed by atoms with Crippen molar-refractivity contribution in [2.45, 2.75) is 32.4 Å². The number of hydrogen-bond donors (Lipinski definition) is 1. The third-order valence-corrected chi connectivity index (χ3v) is 3.53. The fraction of sp³-hybridized carbons (Fsp3) is 0.667. The zero-order valence-electron chi connectivity index (χ0n) is 11.0. The lowest BCUT2D eigenvalue weighted by Gasteiger charge is -2.16. The van der Waals surface area contributed by atoms with Crippen molar-refractivity contribution in [3.8, 4) is 0 Å². The van der Waals surface area contributed by atoms with Crippen LogP contribution in [-0.4, -0.2) is 40.2 Å². The highest BCUT2D eigenvalue weighted by atomic mass is 35.5. The maximum atomic E-state index is 11.7. The van der Waals surface area contributed by atoms with Crippen molar-refractivity contribution in [1.29, 1.82) is 0 Å². The first-order valence-electron chi connectivity index (χ1n) is 6.13. The summed E-state index contributed by atoms with van der Waals surface area (Å²) in [5.74, 6) is 0.0812. The van der Waals surface area contributed by atoms with Crippen LogP contribution in [0.1, 0.15) is 24.1 Å². The van der Waals surface area contributed by atoms with Gasteiger partial charge in [0, 0.05) is 25.2 Å². The quantitative estimate of drug-likeness (QED) is 0.872. The van der Waals surface area contributed by atoms with E-state index < -0.39 is 0 Å². The molecule has 1 amide bonds. The van der Waals surface area contributed by atoms with Crippen molar-refractivity contribution < 1.29 is 4.79 Å². The average Bonchev–Trinajstić information content (AvgIpc) is 3.04. The van der Waals surface area contributed by atoms with Gasteiger partial charge in [-0.3, -0.25) is 14.4 Å². The van der Waals surface area contributed by atoms with Gasteiger partial charge in [0.1, 0.15) is 5.15 Å². The molecule has 0 bridgehead atoms. The van der Waals surface area contributed by atoms with Crippen LogP contribution in [0.2, 0.25) is 5.15 Å². The van der Waals surface area contributed by atoms with Gasteiger partial charge < -0.3 is 5.32 Å². The lowest BCUT2D eigenvalue weighted by atomic mass is 10.2. The van der Waals surface area contributed by atoms with E-state index in [4.69, 9.17) is 11.6 Å². The van der Waals surface area contributed by atoms with E-state index >= 15 is 0 Å². The van der Waals surface area contributed by atoms with E-state index in [1.807, 2.05) is 25.9 Å². The van der Waals surface area contributed by atoms with Crippen LogP contribution < -0.4 is 5.32 Å². The second-order valence-corrected chi connectivity index (χ2v) is 5.35. The normalized spacial score (nSPS) is 15.2. The minimum Gasteiger partial charge on any atom is -0.352 e. The standard InChI is InChI=1S/C12H19ClN4O/c1-8-10(12(13)17(3)15-8)6-16(2)7-11(18)14-9-4-5-9/h9H,4-7H2,1-3H3,(H,14,18). The first-order valence-corrected chi connectivity index (χ1v) is 6.51. The van der Waals surface area contributed by atoms with E-state index in [-0.39, 0.29) is 5.91 Å². The Hall–Kier alpha value is -1.07. The third-order valence-electron chi connectivity index (χ3n) is 3.05. The molecular weight excluding hydrogens is 252 g/mol. The molecule has 1 fully saturated rings. The minimum absolute atomic E-state index is 0.0812. The van der Waals surface area contributed by atoms with Crippen LogP contribution in [0.5, 0.6) is 0 Å². The molecule has 18 heavy (non-hydrogen) atoms. The van der Waals surface area contributed by atoms with Crippen molar-refractivity contribution in [2.24, 2.45) is 7.05 Å². The number of aryl methyl sites for hydroxylation is 2. The van der Waals surface area contributed by atoms with Crippen LogP contribution in [0, 0.1) is 6.92 Å². The zero-order valence-corrected chi connectivity index (χ0v) is 11.8. The van der Waals surface area contributed by atoms with Gasteiger partial charge in [0.25, 0.3) is 0 Å². The van der Waals surface area contributed by atoms with Gasteiger partial charge in [-0.25, -0.2) is 0 Å². The summed E-state index contributed by atoms with van der Waals surface area (Å²) in [7, 11) is 3.73. The maximum Gasteiger partial charge on any atom is 0.234 e. The number of nitrogens with one attached hydrogen (secondary N) is 1. The predicted octanol–water partition coefficient (Wildman–Crippen LogP) is 1.09. The summed E-state index contributed by atoms with van der Waals surface area (Å²) >= 11 is 6.16. The summed E-state index contributed by atoms with van der Waals surface area (Å²) < 4.78 is 1.66. The highest BCUT2D eigenvalue weighted by Gasteiger charge is 2.23. The average molecular weight is 271 g/mol. The second kappa shape index (κ2) is 5.28. The number of likely N-dealkylation sites (N-methyl/N-ethyl adjacent to an activating group) is 1. The predicted molar refractivity (Wildman–Crippen MR) is 70.5 cm³/mol. The molecule has 0 spiro atoms. The molecule has 0 radical (unpaired) electrons. The van der Waals surface area contributed by atoms with Gasteiger partial charge in [-0.2, -0.15) is 5.10 Å². The maximum absolute atomic E-state index is 11.7. The number of carbonyl (C=O) groups excluding carboxylic acids is 1. The Morgan fingerprint density at radius 1 is 1.61 bits per heavy atom. The van der Waals surface area contributed by atoms with Crippen LogP contribution in [0.4, 0.5) is 0 Å². The first-order chi connectivity index (χ1) is 8.47. The molecule has 6 heteroatoms. The van der Waals surface area contributed by atoms with Crippen LogP contribution in [0.25, 0.3) is 0 Å². The molecule has 0 saturated heterocycles. The summed E-state index contributed by atoms with van der Waals surface area (Å²) in [5, 5.41) is 7.87. The molecule has 1 saturated carbocycles. The van der Waals surface area contributed by atoms with Gasteiger partial charge in [0.05, 0.1) is 12.2 Å². The molecule has 2 rings (SSSR count). The number of aromatic nitrogens is 2. The summed E-state index contributed by atoms with van der Waals surface area (Å²) in [6, 6.07) is 0.412. The van der Waals surface area contributed by atoms with E-state index in [0.29, 0.717) is 24.3 Å². The second-order valence-electron chi connectivity index (χ2n) is 4.99. The Balaban J connectivity index is 1.89. The van der Waals surface area contributed by atoms with Crippen LogP contribution in [0.3, 0.4) is 0 Å². The smallest absolute Gasteiger partial charge is 0.234 e. The SMILES string of the molecule is Cc1nn(C)c(Cl)c1CN(C)CC(=O)NC1CC1.